The number of nitrogens with zero attached hydrogens (tertiary/aromatic N) is 4. The lowest BCUT2D eigenvalue weighted by atomic mass is 10.1. The van der Waals surface area contributed by atoms with Crippen LogP contribution in [0.5, 0.6) is 0 Å². The Hall–Kier alpha value is -1.40. The minimum atomic E-state index is 0.133. The highest BCUT2D eigenvalue weighted by Gasteiger charge is 2.27. The molecule has 2 N–H and O–H groups in total. The number of imidazole rings is 1. The van der Waals surface area contributed by atoms with Gasteiger partial charge in [-0.15, -0.1) is 0 Å². The SMILES string of the molecule is NCC(CC(=O)N1CCCC1)N1CCn2ccnc2C1. The summed E-state index contributed by atoms with van der Waals surface area (Å²) < 4.78 is 2.17. The Morgan fingerprint density at radius 2 is 2.10 bits per heavy atom. The summed E-state index contributed by atoms with van der Waals surface area (Å²) in [6, 6.07) is 0.133. The molecule has 2 aliphatic heterocycles. The number of carbonyl (C=O) groups excluding carboxylic acids is 1. The Balaban J connectivity index is 1.60. The summed E-state index contributed by atoms with van der Waals surface area (Å²) in [5.74, 6) is 1.33. The van der Waals surface area contributed by atoms with Crippen molar-refractivity contribution in [3.63, 3.8) is 0 Å². The van der Waals surface area contributed by atoms with E-state index < -0.39 is 0 Å². The highest BCUT2D eigenvalue weighted by molar-refractivity contribution is 5.77. The van der Waals surface area contributed by atoms with Crippen molar-refractivity contribution in [1.82, 2.24) is 19.4 Å². The summed E-state index contributed by atoms with van der Waals surface area (Å²) in [7, 11) is 0. The predicted octanol–water partition coefficient (Wildman–Crippen LogP) is 0.0385. The molecule has 110 valence electrons. The third-order valence-corrected chi connectivity index (χ3v) is 4.43. The average Bonchev–Trinajstić information content (AvgIpc) is 3.14. The maximum atomic E-state index is 12.3. The lowest BCUT2D eigenvalue weighted by Crippen LogP contribution is -2.47. The second kappa shape index (κ2) is 5.93. The van der Waals surface area contributed by atoms with E-state index in [1.54, 1.807) is 0 Å². The van der Waals surface area contributed by atoms with Crippen LogP contribution in [0.3, 0.4) is 0 Å². The number of likely N-dealkylation sites (tertiary alicyclic amines) is 1. The molecule has 0 aromatic carbocycles. The largest absolute Gasteiger partial charge is 0.343 e. The Labute approximate surface area is 119 Å². The van der Waals surface area contributed by atoms with Gasteiger partial charge in [0.2, 0.25) is 5.91 Å². The second-order valence-electron chi connectivity index (χ2n) is 5.69. The van der Waals surface area contributed by atoms with Crippen molar-refractivity contribution >= 4 is 5.91 Å². The zero-order valence-corrected chi connectivity index (χ0v) is 11.9. The topological polar surface area (TPSA) is 67.4 Å². The molecular weight excluding hydrogens is 254 g/mol. The predicted molar refractivity (Wildman–Crippen MR) is 75.9 cm³/mol. The van der Waals surface area contributed by atoms with Crippen LogP contribution in [0.1, 0.15) is 25.1 Å². The fraction of sp³-hybridized carbons (Fsp3) is 0.714. The first-order valence-electron chi connectivity index (χ1n) is 7.50. The van der Waals surface area contributed by atoms with Crippen LogP contribution in [-0.2, 0) is 17.9 Å². The number of hydrogen-bond acceptors (Lipinski definition) is 4. The number of nitrogens with two attached hydrogens (primary N) is 1. The summed E-state index contributed by atoms with van der Waals surface area (Å²) >= 11 is 0. The van der Waals surface area contributed by atoms with Crippen molar-refractivity contribution in [2.75, 3.05) is 26.2 Å². The molecule has 0 bridgehead atoms. The maximum absolute atomic E-state index is 12.3. The van der Waals surface area contributed by atoms with Crippen molar-refractivity contribution < 1.29 is 4.79 Å². The van der Waals surface area contributed by atoms with Gasteiger partial charge in [-0.3, -0.25) is 9.69 Å². The molecule has 0 aliphatic carbocycles. The van der Waals surface area contributed by atoms with Crippen LogP contribution in [0.25, 0.3) is 0 Å². The van der Waals surface area contributed by atoms with Gasteiger partial charge in [0.1, 0.15) is 5.82 Å². The smallest absolute Gasteiger partial charge is 0.224 e. The van der Waals surface area contributed by atoms with Crippen molar-refractivity contribution in [3.05, 3.63) is 18.2 Å². The zero-order valence-electron chi connectivity index (χ0n) is 11.9. The highest BCUT2D eigenvalue weighted by Crippen LogP contribution is 2.17. The van der Waals surface area contributed by atoms with Crippen molar-refractivity contribution in [3.8, 4) is 0 Å². The number of rotatable bonds is 4. The number of carbonyl (C=O) groups is 1. The Bertz CT molecular complexity index is 466. The minimum absolute atomic E-state index is 0.133. The lowest BCUT2D eigenvalue weighted by molar-refractivity contribution is -0.131. The van der Waals surface area contributed by atoms with E-state index in [9.17, 15) is 4.79 Å². The molecule has 0 spiro atoms. The summed E-state index contributed by atoms with van der Waals surface area (Å²) in [6.45, 7) is 5.03. The first-order valence-corrected chi connectivity index (χ1v) is 7.50. The Morgan fingerprint density at radius 3 is 2.85 bits per heavy atom. The van der Waals surface area contributed by atoms with E-state index >= 15 is 0 Å². The van der Waals surface area contributed by atoms with E-state index in [4.69, 9.17) is 5.73 Å². The molecule has 1 aromatic heterocycles. The molecule has 6 nitrogen and oxygen atoms in total. The quantitative estimate of drug-likeness (QED) is 0.844. The van der Waals surface area contributed by atoms with Gasteiger partial charge in [0.15, 0.2) is 0 Å². The van der Waals surface area contributed by atoms with Gasteiger partial charge in [-0.25, -0.2) is 4.98 Å². The van der Waals surface area contributed by atoms with Crippen LogP contribution in [0, 0.1) is 0 Å². The zero-order chi connectivity index (χ0) is 13.9. The van der Waals surface area contributed by atoms with E-state index in [-0.39, 0.29) is 11.9 Å². The van der Waals surface area contributed by atoms with Gasteiger partial charge in [-0.1, -0.05) is 0 Å². The molecule has 1 unspecified atom stereocenters. The molecule has 3 rings (SSSR count). The van der Waals surface area contributed by atoms with Gasteiger partial charge in [0.25, 0.3) is 0 Å². The first-order chi connectivity index (χ1) is 9.78. The van der Waals surface area contributed by atoms with E-state index in [0.717, 1.165) is 51.4 Å². The van der Waals surface area contributed by atoms with Gasteiger partial charge in [-0.2, -0.15) is 0 Å². The molecule has 6 heteroatoms. The molecule has 1 amide bonds. The summed E-state index contributed by atoms with van der Waals surface area (Å²) in [6.07, 6.45) is 6.67. The van der Waals surface area contributed by atoms with Crippen LogP contribution in [-0.4, -0.2) is 57.5 Å². The van der Waals surface area contributed by atoms with Gasteiger partial charge < -0.3 is 15.2 Å². The van der Waals surface area contributed by atoms with E-state index in [2.05, 4.69) is 14.5 Å². The van der Waals surface area contributed by atoms with Gasteiger partial charge in [-0.05, 0) is 12.8 Å². The standard InChI is InChI=1S/C14H23N5O/c15-10-12(9-14(20)18-4-1-2-5-18)19-8-7-17-6-3-16-13(17)11-19/h3,6,12H,1-2,4-5,7-11,15H2. The number of fused-ring (bicyclic) bond motifs is 1. The fourth-order valence-corrected chi connectivity index (χ4v) is 3.16. The van der Waals surface area contributed by atoms with Gasteiger partial charge >= 0.3 is 0 Å². The molecule has 1 atom stereocenters. The highest BCUT2D eigenvalue weighted by atomic mass is 16.2. The first kappa shape index (κ1) is 13.6. The van der Waals surface area contributed by atoms with Gasteiger partial charge in [0, 0.05) is 57.6 Å². The molecule has 1 aromatic rings. The minimum Gasteiger partial charge on any atom is -0.343 e. The molecule has 1 fully saturated rings. The summed E-state index contributed by atoms with van der Waals surface area (Å²) in [5.41, 5.74) is 5.91. The van der Waals surface area contributed by atoms with E-state index in [1.807, 2.05) is 17.3 Å². The number of aromatic nitrogens is 2. The third-order valence-electron chi connectivity index (χ3n) is 4.43. The number of amides is 1. The summed E-state index contributed by atoms with van der Waals surface area (Å²) in [5, 5.41) is 0. The van der Waals surface area contributed by atoms with Crippen molar-refractivity contribution in [1.29, 1.82) is 0 Å². The van der Waals surface area contributed by atoms with Crippen LogP contribution < -0.4 is 5.73 Å². The average molecular weight is 277 g/mol. The van der Waals surface area contributed by atoms with Crippen LogP contribution in [0.4, 0.5) is 0 Å². The molecule has 20 heavy (non-hydrogen) atoms. The fourth-order valence-electron chi connectivity index (χ4n) is 3.16. The monoisotopic (exact) mass is 277 g/mol. The summed E-state index contributed by atoms with van der Waals surface area (Å²) in [4.78, 5) is 20.9. The Kier molecular flexibility index (Phi) is 4.03. The second-order valence-corrected chi connectivity index (χ2v) is 5.69. The normalized spacial score (nSPS) is 20.9. The maximum Gasteiger partial charge on any atom is 0.224 e. The van der Waals surface area contributed by atoms with E-state index in [1.165, 1.54) is 0 Å². The molecule has 0 saturated carbocycles. The van der Waals surface area contributed by atoms with Crippen LogP contribution in [0.15, 0.2) is 12.4 Å². The Morgan fingerprint density at radius 1 is 1.30 bits per heavy atom. The van der Waals surface area contributed by atoms with Crippen molar-refractivity contribution in [2.24, 2.45) is 5.73 Å². The van der Waals surface area contributed by atoms with Crippen molar-refractivity contribution in [2.45, 2.75) is 38.4 Å². The lowest BCUT2D eigenvalue weighted by Gasteiger charge is -2.34. The van der Waals surface area contributed by atoms with Gasteiger partial charge in [0.05, 0.1) is 6.54 Å². The molecule has 3 heterocycles. The van der Waals surface area contributed by atoms with Crippen LogP contribution >= 0.6 is 0 Å². The van der Waals surface area contributed by atoms with Crippen LogP contribution in [0.2, 0.25) is 0 Å². The molecule has 1 saturated heterocycles. The molecule has 2 aliphatic rings. The molecule has 0 radical (unpaired) electrons. The number of hydrogen-bond donors (Lipinski definition) is 1. The molecular formula is C14H23N5O. The third kappa shape index (κ3) is 2.71. The van der Waals surface area contributed by atoms with E-state index in [0.29, 0.717) is 13.0 Å².